The average molecular weight is 330 g/mol. The molecule has 0 aromatic carbocycles. The van der Waals surface area contributed by atoms with Gasteiger partial charge in [0.05, 0.1) is 17.9 Å². The highest BCUT2D eigenvalue weighted by atomic mass is 28.4. The number of hydrogen-bond acceptors (Lipinski definition) is 5. The molecule has 0 spiro atoms. The molecular weight excluding hydrogens is 298 g/mol. The Morgan fingerprint density at radius 3 is 2.18 bits per heavy atom. The molecule has 0 aromatic rings. The first-order chi connectivity index (χ1) is 10.0. The van der Waals surface area contributed by atoms with Gasteiger partial charge in [-0.05, 0) is 25.1 Å². The van der Waals surface area contributed by atoms with Gasteiger partial charge in [0.25, 0.3) is 0 Å². The summed E-state index contributed by atoms with van der Waals surface area (Å²) >= 11 is 0. The summed E-state index contributed by atoms with van der Waals surface area (Å²) in [4.78, 5) is 4.87. The Bertz CT molecular complexity index is 428. The highest BCUT2D eigenvalue weighted by Gasteiger charge is 2.45. The molecule has 0 unspecified atom stereocenters. The van der Waals surface area contributed by atoms with E-state index in [9.17, 15) is 5.11 Å². The molecule has 1 rings (SSSR count). The number of ether oxygens (including phenoxy) is 1. The van der Waals surface area contributed by atoms with Crippen molar-refractivity contribution < 1.29 is 19.1 Å². The SMILES string of the molecule is CO/N=C(\C)[C@@H]1C=C[C@H](O)[C@H](O[Si](C)(C)C(C)(C)C)[C@H]1OC. The number of aliphatic hydroxyl groups excluding tert-OH is 1. The van der Waals surface area contributed by atoms with Crippen LogP contribution in [-0.2, 0) is 14.0 Å². The Morgan fingerprint density at radius 2 is 1.73 bits per heavy atom. The predicted molar refractivity (Wildman–Crippen MR) is 91.6 cm³/mol. The zero-order chi connectivity index (χ0) is 17.1. The van der Waals surface area contributed by atoms with Gasteiger partial charge in [-0.25, -0.2) is 0 Å². The fourth-order valence-corrected chi connectivity index (χ4v) is 3.68. The van der Waals surface area contributed by atoms with Crippen LogP contribution in [0.15, 0.2) is 17.3 Å². The van der Waals surface area contributed by atoms with Crippen LogP contribution in [0.1, 0.15) is 27.7 Å². The van der Waals surface area contributed by atoms with Crippen LogP contribution < -0.4 is 0 Å². The van der Waals surface area contributed by atoms with Gasteiger partial charge in [0.2, 0.25) is 0 Å². The van der Waals surface area contributed by atoms with E-state index in [1.807, 2.05) is 13.0 Å². The number of rotatable bonds is 5. The van der Waals surface area contributed by atoms with E-state index in [1.54, 1.807) is 13.2 Å². The standard InChI is InChI=1S/C16H31NO4Si/c1-11(17-20-6)12-9-10-13(18)15(14(12)19-5)21-22(7,8)16(2,3)4/h9-10,12-15,18H,1-8H3/b17-11+/t12-,13-,14-,15-/m0/s1. The molecule has 5 nitrogen and oxygen atoms in total. The predicted octanol–water partition coefficient (Wildman–Crippen LogP) is 2.96. The van der Waals surface area contributed by atoms with Crippen LogP contribution in [0.5, 0.6) is 0 Å². The first kappa shape index (κ1) is 19.4. The molecule has 0 radical (unpaired) electrons. The van der Waals surface area contributed by atoms with E-state index in [0.717, 1.165) is 5.71 Å². The first-order valence-corrected chi connectivity index (χ1v) is 10.6. The molecule has 0 saturated carbocycles. The Morgan fingerprint density at radius 1 is 1.14 bits per heavy atom. The van der Waals surface area contributed by atoms with Crippen LogP contribution in [0.4, 0.5) is 0 Å². The van der Waals surface area contributed by atoms with Crippen molar-refractivity contribution in [3.05, 3.63) is 12.2 Å². The van der Waals surface area contributed by atoms with Gasteiger partial charge in [0.1, 0.15) is 13.2 Å². The number of nitrogens with zero attached hydrogens (tertiary/aromatic N) is 1. The fourth-order valence-electron chi connectivity index (χ4n) is 2.37. The highest BCUT2D eigenvalue weighted by Crippen LogP contribution is 2.39. The lowest BCUT2D eigenvalue weighted by atomic mass is 9.86. The molecule has 0 fully saturated rings. The van der Waals surface area contributed by atoms with Crippen molar-refractivity contribution in [2.45, 2.75) is 64.1 Å². The van der Waals surface area contributed by atoms with Gasteiger partial charge < -0.3 is 19.1 Å². The van der Waals surface area contributed by atoms with Gasteiger partial charge in [-0.15, -0.1) is 0 Å². The molecule has 0 saturated heterocycles. The van der Waals surface area contributed by atoms with E-state index in [2.05, 4.69) is 39.0 Å². The number of methoxy groups -OCH3 is 1. The second kappa shape index (κ2) is 7.25. The van der Waals surface area contributed by atoms with Crippen molar-refractivity contribution in [2.75, 3.05) is 14.2 Å². The normalized spacial score (nSPS) is 30.5. The molecule has 1 N–H and O–H groups in total. The maximum absolute atomic E-state index is 10.4. The number of oxime groups is 1. The smallest absolute Gasteiger partial charge is 0.192 e. The van der Waals surface area contributed by atoms with E-state index < -0.39 is 20.5 Å². The van der Waals surface area contributed by atoms with Gasteiger partial charge in [-0.1, -0.05) is 38.1 Å². The van der Waals surface area contributed by atoms with E-state index in [0.29, 0.717) is 0 Å². The summed E-state index contributed by atoms with van der Waals surface area (Å²) in [6, 6.07) is 0. The van der Waals surface area contributed by atoms with E-state index in [4.69, 9.17) is 14.0 Å². The van der Waals surface area contributed by atoms with Crippen LogP contribution in [0, 0.1) is 5.92 Å². The molecule has 0 heterocycles. The Hall–Kier alpha value is -0.693. The van der Waals surface area contributed by atoms with Crippen molar-refractivity contribution in [3.8, 4) is 0 Å². The summed E-state index contributed by atoms with van der Waals surface area (Å²) < 4.78 is 12.1. The number of aliphatic hydroxyl groups is 1. The lowest BCUT2D eigenvalue weighted by Crippen LogP contribution is -2.55. The summed E-state index contributed by atoms with van der Waals surface area (Å²) in [6.07, 6.45) is 2.33. The van der Waals surface area contributed by atoms with Gasteiger partial charge in [-0.2, -0.15) is 0 Å². The largest absolute Gasteiger partial charge is 0.408 e. The lowest BCUT2D eigenvalue weighted by molar-refractivity contribution is -0.0671. The molecule has 0 bridgehead atoms. The van der Waals surface area contributed by atoms with Crippen LogP contribution in [0.2, 0.25) is 18.1 Å². The van der Waals surface area contributed by atoms with Crippen LogP contribution >= 0.6 is 0 Å². The van der Waals surface area contributed by atoms with Crippen molar-refractivity contribution in [3.63, 3.8) is 0 Å². The molecule has 1 aliphatic rings. The van der Waals surface area contributed by atoms with Crippen molar-refractivity contribution in [2.24, 2.45) is 11.1 Å². The average Bonchev–Trinajstić information content (AvgIpc) is 2.39. The maximum atomic E-state index is 10.4. The molecule has 0 aromatic heterocycles. The van der Waals surface area contributed by atoms with E-state index in [-0.39, 0.29) is 17.1 Å². The minimum atomic E-state index is -2.02. The van der Waals surface area contributed by atoms with E-state index in [1.165, 1.54) is 7.11 Å². The van der Waals surface area contributed by atoms with Gasteiger partial charge in [0, 0.05) is 13.0 Å². The van der Waals surface area contributed by atoms with Crippen molar-refractivity contribution in [1.29, 1.82) is 0 Å². The molecule has 128 valence electrons. The summed E-state index contributed by atoms with van der Waals surface area (Å²) in [5, 5.41) is 14.5. The van der Waals surface area contributed by atoms with E-state index >= 15 is 0 Å². The molecule has 1 aliphatic carbocycles. The zero-order valence-corrected chi connectivity index (χ0v) is 16.1. The van der Waals surface area contributed by atoms with Crippen molar-refractivity contribution in [1.82, 2.24) is 0 Å². The minimum absolute atomic E-state index is 0.0666. The third-order valence-electron chi connectivity index (χ3n) is 4.76. The van der Waals surface area contributed by atoms with Crippen LogP contribution in [0.3, 0.4) is 0 Å². The third kappa shape index (κ3) is 4.19. The molecular formula is C16H31NO4Si. The Kier molecular flexibility index (Phi) is 6.38. The minimum Gasteiger partial charge on any atom is -0.408 e. The van der Waals surface area contributed by atoms with Gasteiger partial charge >= 0.3 is 0 Å². The molecule has 6 heteroatoms. The van der Waals surface area contributed by atoms with Crippen LogP contribution in [-0.4, -0.2) is 51.7 Å². The summed E-state index contributed by atoms with van der Waals surface area (Å²) in [5.41, 5.74) is 0.807. The second-order valence-corrected chi connectivity index (χ2v) is 12.1. The molecule has 0 aliphatic heterocycles. The topological polar surface area (TPSA) is 60.3 Å². The Labute approximate surface area is 135 Å². The van der Waals surface area contributed by atoms with Gasteiger partial charge in [0.15, 0.2) is 8.32 Å². The van der Waals surface area contributed by atoms with Gasteiger partial charge in [-0.3, -0.25) is 0 Å². The number of hydrogen-bond donors (Lipinski definition) is 1. The Balaban J connectivity index is 3.07. The molecule has 4 atom stereocenters. The monoisotopic (exact) mass is 329 g/mol. The second-order valence-electron chi connectivity index (χ2n) is 7.36. The highest BCUT2D eigenvalue weighted by molar-refractivity contribution is 6.74. The van der Waals surface area contributed by atoms with Crippen molar-refractivity contribution >= 4 is 14.0 Å². The molecule has 22 heavy (non-hydrogen) atoms. The summed E-state index contributed by atoms with van der Waals surface area (Å²) in [7, 11) is 1.15. The molecule has 0 amide bonds. The zero-order valence-electron chi connectivity index (χ0n) is 15.1. The summed E-state index contributed by atoms with van der Waals surface area (Å²) in [5.74, 6) is -0.0666. The quantitative estimate of drug-likeness (QED) is 0.365. The maximum Gasteiger partial charge on any atom is 0.192 e. The lowest BCUT2D eigenvalue weighted by Gasteiger charge is -2.44. The van der Waals surface area contributed by atoms with Crippen LogP contribution in [0.25, 0.3) is 0 Å². The fraction of sp³-hybridized carbons (Fsp3) is 0.812. The summed E-state index contributed by atoms with van der Waals surface area (Å²) in [6.45, 7) is 12.8. The third-order valence-corrected chi connectivity index (χ3v) is 9.23. The first-order valence-electron chi connectivity index (χ1n) is 7.70.